The number of carbonyl (C=O) groups excluding carboxylic acids is 1. The molecule has 3 aromatic rings. The SMILES string of the molecule is C=CC(=O)Nc1cc(Nc2nccc(N3CCc4ccccc43)n2)c(OC)cc1N(C)C[I-]N(C)C. The van der Waals surface area contributed by atoms with Gasteiger partial charge in [0, 0.05) is 0 Å². The van der Waals surface area contributed by atoms with Crippen molar-refractivity contribution in [1.82, 2.24) is 13.1 Å². The molecular formula is C26H31IN7O2-. The average molecular weight is 600 g/mol. The van der Waals surface area contributed by atoms with Crippen LogP contribution in [0.4, 0.5) is 34.5 Å². The fourth-order valence-corrected chi connectivity index (χ4v) is 5.38. The number of para-hydroxylation sites is 1. The van der Waals surface area contributed by atoms with E-state index < -0.39 is 0 Å². The molecule has 1 aliphatic heterocycles. The molecule has 0 fully saturated rings. The van der Waals surface area contributed by atoms with E-state index in [-0.39, 0.29) is 27.4 Å². The Morgan fingerprint density at radius 2 is 2.03 bits per heavy atom. The van der Waals surface area contributed by atoms with Crippen LogP contribution in [0.25, 0.3) is 0 Å². The van der Waals surface area contributed by atoms with Crippen molar-refractivity contribution in [2.45, 2.75) is 6.42 Å². The standard InChI is InChI=1S/C26H31IN7O2/c1-6-25(35)29-19-15-20(23(36-5)16-22(19)33(4)17-27-32(2)3)30-26-28-13-11-24(31-26)34-14-12-18-9-7-8-10-21(18)34/h6-11,13,15-16H,1,12,14,17H2,2-5H3,(H,29,35)(H,28,30,31)/q-1. The number of anilines is 6. The molecular weight excluding hydrogens is 569 g/mol. The summed E-state index contributed by atoms with van der Waals surface area (Å²) in [6.07, 6.45) is 3.98. The summed E-state index contributed by atoms with van der Waals surface area (Å²) in [6.45, 7) is 4.45. The van der Waals surface area contributed by atoms with Crippen molar-refractivity contribution in [2.24, 2.45) is 0 Å². The molecule has 2 heterocycles. The van der Waals surface area contributed by atoms with E-state index in [1.54, 1.807) is 13.3 Å². The Labute approximate surface area is 222 Å². The van der Waals surface area contributed by atoms with Crippen LogP contribution in [0.3, 0.4) is 0 Å². The number of ether oxygens (including phenoxy) is 1. The van der Waals surface area contributed by atoms with Crippen LogP contribution in [-0.4, -0.2) is 58.3 Å². The van der Waals surface area contributed by atoms with Gasteiger partial charge in [0.1, 0.15) is 0 Å². The Morgan fingerprint density at radius 1 is 1.22 bits per heavy atom. The molecule has 0 unspecified atom stereocenters. The molecule has 0 saturated carbocycles. The van der Waals surface area contributed by atoms with Gasteiger partial charge in [0.25, 0.3) is 0 Å². The van der Waals surface area contributed by atoms with Gasteiger partial charge in [-0.25, -0.2) is 0 Å². The minimum absolute atomic E-state index is 0.184. The van der Waals surface area contributed by atoms with Gasteiger partial charge in [-0.3, -0.25) is 0 Å². The number of hydrogen-bond acceptors (Lipinski definition) is 8. The fraction of sp³-hybridized carbons (Fsp3) is 0.269. The summed E-state index contributed by atoms with van der Waals surface area (Å²) in [5.41, 5.74) is 4.64. The zero-order valence-electron chi connectivity index (χ0n) is 21.0. The normalized spacial score (nSPS) is 12.4. The minimum atomic E-state index is -0.283. The third kappa shape index (κ3) is 5.88. The number of halogens is 1. The van der Waals surface area contributed by atoms with E-state index in [2.05, 4.69) is 67.4 Å². The van der Waals surface area contributed by atoms with Crippen molar-refractivity contribution in [3.63, 3.8) is 0 Å². The average Bonchev–Trinajstić information content (AvgIpc) is 3.32. The summed E-state index contributed by atoms with van der Waals surface area (Å²) in [5, 5.41) is 6.22. The molecule has 9 nitrogen and oxygen atoms in total. The zero-order valence-corrected chi connectivity index (χ0v) is 23.1. The van der Waals surface area contributed by atoms with E-state index in [4.69, 9.17) is 9.72 Å². The van der Waals surface area contributed by atoms with Gasteiger partial charge in [-0.1, -0.05) is 18.2 Å². The van der Waals surface area contributed by atoms with Crippen LogP contribution in [-0.2, 0) is 11.2 Å². The second kappa shape index (κ2) is 11.6. The number of aromatic nitrogens is 2. The van der Waals surface area contributed by atoms with E-state index in [0.717, 1.165) is 29.0 Å². The molecule has 190 valence electrons. The van der Waals surface area contributed by atoms with Gasteiger partial charge >= 0.3 is 187 Å². The molecule has 0 radical (unpaired) electrons. The van der Waals surface area contributed by atoms with E-state index in [1.807, 2.05) is 31.3 Å². The number of fused-ring (bicyclic) bond motifs is 1. The first kappa shape index (κ1) is 25.7. The van der Waals surface area contributed by atoms with Crippen LogP contribution in [0, 0.1) is 0 Å². The van der Waals surface area contributed by atoms with Gasteiger partial charge in [0.2, 0.25) is 0 Å². The summed E-state index contributed by atoms with van der Waals surface area (Å²) >= 11 is -0.184. The number of nitrogens with one attached hydrogen (secondary N) is 2. The Kier molecular flexibility index (Phi) is 8.26. The molecule has 2 aromatic carbocycles. The Morgan fingerprint density at radius 3 is 2.78 bits per heavy atom. The maximum atomic E-state index is 12.2. The van der Waals surface area contributed by atoms with E-state index >= 15 is 0 Å². The summed E-state index contributed by atoms with van der Waals surface area (Å²) in [7, 11) is 7.78. The third-order valence-electron chi connectivity index (χ3n) is 5.70. The molecule has 1 aromatic heterocycles. The van der Waals surface area contributed by atoms with Gasteiger partial charge in [0.05, 0.1) is 0 Å². The summed E-state index contributed by atoms with van der Waals surface area (Å²) < 4.78 is 8.80. The van der Waals surface area contributed by atoms with E-state index in [1.165, 1.54) is 17.3 Å². The number of benzene rings is 2. The predicted octanol–water partition coefficient (Wildman–Crippen LogP) is 1.01. The first-order chi connectivity index (χ1) is 17.4. The van der Waals surface area contributed by atoms with Crippen molar-refractivity contribution in [3.05, 3.63) is 66.9 Å². The molecule has 10 heteroatoms. The number of methoxy groups -OCH3 is 1. The van der Waals surface area contributed by atoms with Crippen LogP contribution in [0.1, 0.15) is 5.56 Å². The number of amides is 1. The molecule has 0 saturated heterocycles. The fourth-order valence-electron chi connectivity index (χ4n) is 3.94. The van der Waals surface area contributed by atoms with Crippen molar-refractivity contribution in [2.75, 3.05) is 59.8 Å². The van der Waals surface area contributed by atoms with E-state index in [0.29, 0.717) is 23.1 Å². The third-order valence-corrected chi connectivity index (χ3v) is 8.39. The Hall–Kier alpha value is -3.38. The van der Waals surface area contributed by atoms with Gasteiger partial charge in [-0.2, -0.15) is 0 Å². The Bertz CT molecular complexity index is 1250. The molecule has 1 amide bonds. The maximum absolute atomic E-state index is 12.2. The first-order valence-corrected chi connectivity index (χ1v) is 14.0. The molecule has 36 heavy (non-hydrogen) atoms. The van der Waals surface area contributed by atoms with E-state index in [9.17, 15) is 4.79 Å². The first-order valence-electron chi connectivity index (χ1n) is 11.5. The van der Waals surface area contributed by atoms with Crippen LogP contribution >= 0.6 is 0 Å². The second-order valence-electron chi connectivity index (χ2n) is 8.38. The van der Waals surface area contributed by atoms with Crippen LogP contribution in [0.5, 0.6) is 5.75 Å². The number of nitrogens with zero attached hydrogens (tertiary/aromatic N) is 5. The molecule has 0 spiro atoms. The number of rotatable bonds is 10. The molecule has 4 rings (SSSR count). The van der Waals surface area contributed by atoms with Crippen LogP contribution in [0.15, 0.2) is 61.3 Å². The molecule has 1 aliphatic rings. The Balaban J connectivity index is 1.65. The molecule has 2 N–H and O–H groups in total. The summed E-state index contributed by atoms with van der Waals surface area (Å²) in [4.78, 5) is 25.7. The van der Waals surface area contributed by atoms with Crippen molar-refractivity contribution >= 4 is 40.4 Å². The summed E-state index contributed by atoms with van der Waals surface area (Å²) in [5.74, 6) is 1.60. The van der Waals surface area contributed by atoms with Crippen LogP contribution in [0.2, 0.25) is 0 Å². The van der Waals surface area contributed by atoms with Crippen molar-refractivity contribution in [1.29, 1.82) is 0 Å². The monoisotopic (exact) mass is 600 g/mol. The molecule has 0 atom stereocenters. The molecule has 0 bridgehead atoms. The second-order valence-corrected chi connectivity index (χ2v) is 11.7. The number of hydrogen-bond donors (Lipinski definition) is 2. The number of alkyl halides is 1. The predicted molar refractivity (Wildman–Crippen MR) is 141 cm³/mol. The summed E-state index contributed by atoms with van der Waals surface area (Å²) in [6, 6.07) is 14.0. The van der Waals surface area contributed by atoms with Gasteiger partial charge in [0.15, 0.2) is 0 Å². The van der Waals surface area contributed by atoms with Crippen molar-refractivity contribution < 1.29 is 31.0 Å². The van der Waals surface area contributed by atoms with Crippen molar-refractivity contribution in [3.8, 4) is 5.75 Å². The topological polar surface area (TPSA) is 85.9 Å². The zero-order chi connectivity index (χ0) is 25.7. The number of carbonyl (C=O) groups is 1. The van der Waals surface area contributed by atoms with Gasteiger partial charge < -0.3 is 0 Å². The van der Waals surface area contributed by atoms with Crippen LogP contribution < -0.4 is 46.6 Å². The molecule has 0 aliphatic carbocycles. The quantitative estimate of drug-likeness (QED) is 0.117. The van der Waals surface area contributed by atoms with Gasteiger partial charge in [-0.05, 0) is 18.1 Å². The van der Waals surface area contributed by atoms with Gasteiger partial charge in [-0.15, -0.1) is 0 Å².